The lowest BCUT2D eigenvalue weighted by atomic mass is 9.85. The zero-order valence-corrected chi connectivity index (χ0v) is 19.8. The number of hydrogen-bond acceptors (Lipinski definition) is 7. The number of hydrogen-bond donors (Lipinski definition) is 2. The van der Waals surface area contributed by atoms with Crippen molar-refractivity contribution in [2.24, 2.45) is 0 Å². The summed E-state index contributed by atoms with van der Waals surface area (Å²) in [6.45, 7) is 3.29. The van der Waals surface area contributed by atoms with Crippen LogP contribution in [-0.4, -0.2) is 63.0 Å². The maximum atomic E-state index is 12.3. The Morgan fingerprint density at radius 1 is 1.24 bits per heavy atom. The van der Waals surface area contributed by atoms with Gasteiger partial charge in [-0.1, -0.05) is 0 Å². The molecule has 4 heterocycles. The molecule has 2 fully saturated rings. The predicted octanol–water partition coefficient (Wildman–Crippen LogP) is 3.38. The van der Waals surface area contributed by atoms with Crippen LogP contribution in [0.2, 0.25) is 0 Å². The molecule has 1 amide bonds. The molecule has 0 unspecified atom stereocenters. The Hall–Kier alpha value is -3.04. The van der Waals surface area contributed by atoms with E-state index in [-0.39, 0.29) is 18.1 Å². The van der Waals surface area contributed by atoms with Crippen LogP contribution >= 0.6 is 0 Å². The lowest BCUT2D eigenvalue weighted by Crippen LogP contribution is -2.24. The molecule has 0 spiro atoms. The largest absolute Gasteiger partial charge is 0.393 e. The van der Waals surface area contributed by atoms with E-state index in [2.05, 4.69) is 21.4 Å². The van der Waals surface area contributed by atoms with Gasteiger partial charge in [-0.2, -0.15) is 0 Å². The molecule has 9 heteroatoms. The molecular formula is C25H32N6O3. The van der Waals surface area contributed by atoms with Crippen molar-refractivity contribution in [2.45, 2.75) is 63.5 Å². The number of ether oxygens (including phenoxy) is 1. The Balaban J connectivity index is 1.56. The van der Waals surface area contributed by atoms with Crippen LogP contribution in [0.3, 0.4) is 0 Å². The van der Waals surface area contributed by atoms with E-state index in [1.54, 1.807) is 18.2 Å². The van der Waals surface area contributed by atoms with Gasteiger partial charge in [-0.05, 0) is 62.8 Å². The van der Waals surface area contributed by atoms with Gasteiger partial charge in [-0.15, -0.1) is 5.10 Å². The van der Waals surface area contributed by atoms with Crippen molar-refractivity contribution >= 4 is 23.2 Å². The summed E-state index contributed by atoms with van der Waals surface area (Å²) in [6, 6.07) is 6.23. The third-order valence-electron chi connectivity index (χ3n) is 6.86. The first-order valence-electron chi connectivity index (χ1n) is 12.1. The molecule has 2 N–H and O–H groups in total. The highest BCUT2D eigenvalue weighted by Gasteiger charge is 2.27. The molecule has 1 aliphatic heterocycles. The van der Waals surface area contributed by atoms with Gasteiger partial charge in [-0.25, -0.2) is 14.5 Å². The minimum absolute atomic E-state index is 0.0755. The maximum Gasteiger partial charge on any atom is 0.241 e. The minimum atomic E-state index is -0.218. The van der Waals surface area contributed by atoms with Crippen molar-refractivity contribution < 1.29 is 14.6 Å². The van der Waals surface area contributed by atoms with Crippen LogP contribution in [0.25, 0.3) is 16.6 Å². The SMILES string of the molecule is COC[C@H](C)Nc1ncc2c(-c3ccnc(N4CCCC4=O)c3)cc(C3CCC(O)CC3)n2n1. The van der Waals surface area contributed by atoms with Crippen LogP contribution in [-0.2, 0) is 9.53 Å². The first-order chi connectivity index (χ1) is 16.5. The fourth-order valence-corrected chi connectivity index (χ4v) is 5.11. The second-order valence-electron chi connectivity index (χ2n) is 9.42. The Kier molecular flexibility index (Phi) is 6.47. The topological polar surface area (TPSA) is 105 Å². The van der Waals surface area contributed by atoms with Gasteiger partial charge in [0.25, 0.3) is 0 Å². The van der Waals surface area contributed by atoms with Crippen molar-refractivity contribution in [1.29, 1.82) is 0 Å². The van der Waals surface area contributed by atoms with Crippen molar-refractivity contribution in [3.05, 3.63) is 36.3 Å². The summed E-state index contributed by atoms with van der Waals surface area (Å²) in [7, 11) is 1.68. The number of pyridine rings is 1. The van der Waals surface area contributed by atoms with Gasteiger partial charge in [0.15, 0.2) is 0 Å². The van der Waals surface area contributed by atoms with Crippen molar-refractivity contribution in [2.75, 3.05) is 30.5 Å². The average Bonchev–Trinajstić information content (AvgIpc) is 3.43. The number of aromatic nitrogens is 4. The highest BCUT2D eigenvalue weighted by molar-refractivity contribution is 5.95. The summed E-state index contributed by atoms with van der Waals surface area (Å²) >= 11 is 0. The number of anilines is 2. The Morgan fingerprint density at radius 2 is 2.06 bits per heavy atom. The van der Waals surface area contributed by atoms with Crippen LogP contribution in [0.1, 0.15) is 57.1 Å². The standard InChI is InChI=1S/C25H32N6O3/c1-16(15-34-2)28-25-27-14-22-20(13-21(31(22)29-25)17-5-7-19(32)8-6-17)18-9-10-26-23(12-18)30-11-3-4-24(30)33/h9-10,12-14,16-17,19,32H,3-8,11,15H2,1-2H3,(H,28,29)/t16-,17?,19?/m0/s1. The molecule has 2 aliphatic rings. The van der Waals surface area contributed by atoms with E-state index in [0.29, 0.717) is 37.3 Å². The highest BCUT2D eigenvalue weighted by Crippen LogP contribution is 2.38. The smallest absolute Gasteiger partial charge is 0.241 e. The number of rotatable bonds is 7. The molecule has 1 aliphatic carbocycles. The third kappa shape index (κ3) is 4.50. The number of fused-ring (bicyclic) bond motifs is 1. The number of aliphatic hydroxyl groups excluding tert-OH is 1. The summed E-state index contributed by atoms with van der Waals surface area (Å²) < 4.78 is 7.23. The zero-order valence-electron chi connectivity index (χ0n) is 19.8. The van der Waals surface area contributed by atoms with E-state index in [0.717, 1.165) is 54.4 Å². The van der Waals surface area contributed by atoms with Gasteiger partial charge in [0, 0.05) is 49.5 Å². The first kappa shape index (κ1) is 22.7. The monoisotopic (exact) mass is 464 g/mol. The molecule has 0 bridgehead atoms. The number of nitrogens with zero attached hydrogens (tertiary/aromatic N) is 5. The Morgan fingerprint density at radius 3 is 2.79 bits per heavy atom. The van der Waals surface area contributed by atoms with Crippen LogP contribution in [0, 0.1) is 0 Å². The summed E-state index contributed by atoms with van der Waals surface area (Å²) in [6.07, 6.45) is 8.27. The maximum absolute atomic E-state index is 12.3. The third-order valence-corrected chi connectivity index (χ3v) is 6.86. The summed E-state index contributed by atoms with van der Waals surface area (Å²) in [4.78, 5) is 23.1. The highest BCUT2D eigenvalue weighted by atomic mass is 16.5. The Bertz CT molecular complexity index is 1170. The second kappa shape index (κ2) is 9.68. The minimum Gasteiger partial charge on any atom is -0.393 e. The number of amides is 1. The van der Waals surface area contributed by atoms with Gasteiger partial charge < -0.3 is 15.2 Å². The number of carbonyl (C=O) groups excluding carboxylic acids is 1. The van der Waals surface area contributed by atoms with Gasteiger partial charge in [-0.3, -0.25) is 9.69 Å². The number of nitrogens with one attached hydrogen (secondary N) is 1. The molecule has 180 valence electrons. The molecule has 1 saturated heterocycles. The fourth-order valence-electron chi connectivity index (χ4n) is 5.11. The number of aliphatic hydroxyl groups is 1. The fraction of sp³-hybridized carbons (Fsp3) is 0.520. The molecule has 3 aromatic rings. The van der Waals surface area contributed by atoms with E-state index >= 15 is 0 Å². The second-order valence-corrected chi connectivity index (χ2v) is 9.42. The van der Waals surface area contributed by atoms with Crippen molar-refractivity contribution in [3.63, 3.8) is 0 Å². The van der Waals surface area contributed by atoms with E-state index in [4.69, 9.17) is 9.84 Å². The van der Waals surface area contributed by atoms with E-state index in [1.807, 2.05) is 29.8 Å². The molecule has 3 aromatic heterocycles. The van der Waals surface area contributed by atoms with Gasteiger partial charge in [0.05, 0.1) is 24.4 Å². The summed E-state index contributed by atoms with van der Waals surface area (Å²) in [5.74, 6) is 1.67. The molecule has 1 atom stereocenters. The lowest BCUT2D eigenvalue weighted by Gasteiger charge is -2.25. The zero-order chi connectivity index (χ0) is 23.7. The predicted molar refractivity (Wildman–Crippen MR) is 130 cm³/mol. The quantitative estimate of drug-likeness (QED) is 0.552. The van der Waals surface area contributed by atoms with Gasteiger partial charge >= 0.3 is 0 Å². The number of carbonyl (C=O) groups is 1. The molecule has 0 aromatic carbocycles. The molecular weight excluding hydrogens is 432 g/mol. The van der Waals surface area contributed by atoms with E-state index in [9.17, 15) is 9.90 Å². The number of methoxy groups -OCH3 is 1. The van der Waals surface area contributed by atoms with E-state index in [1.165, 1.54) is 0 Å². The molecule has 0 radical (unpaired) electrons. The first-order valence-corrected chi connectivity index (χ1v) is 12.1. The van der Waals surface area contributed by atoms with Crippen LogP contribution in [0.15, 0.2) is 30.6 Å². The normalized spacial score (nSPS) is 21.9. The Labute approximate surface area is 199 Å². The van der Waals surface area contributed by atoms with Gasteiger partial charge in [0.2, 0.25) is 11.9 Å². The summed E-state index contributed by atoms with van der Waals surface area (Å²) in [5.41, 5.74) is 4.04. The van der Waals surface area contributed by atoms with Crippen molar-refractivity contribution in [3.8, 4) is 11.1 Å². The molecule has 9 nitrogen and oxygen atoms in total. The molecule has 5 rings (SSSR count). The van der Waals surface area contributed by atoms with Crippen LogP contribution in [0.4, 0.5) is 11.8 Å². The average molecular weight is 465 g/mol. The summed E-state index contributed by atoms with van der Waals surface area (Å²) in [5, 5.41) is 18.2. The van der Waals surface area contributed by atoms with Crippen LogP contribution in [0.5, 0.6) is 0 Å². The lowest BCUT2D eigenvalue weighted by molar-refractivity contribution is -0.117. The molecule has 1 saturated carbocycles. The van der Waals surface area contributed by atoms with E-state index < -0.39 is 0 Å². The molecule has 34 heavy (non-hydrogen) atoms. The van der Waals surface area contributed by atoms with Crippen molar-refractivity contribution in [1.82, 2.24) is 19.6 Å². The van der Waals surface area contributed by atoms with Gasteiger partial charge in [0.1, 0.15) is 5.82 Å². The van der Waals surface area contributed by atoms with Crippen LogP contribution < -0.4 is 10.2 Å².